The summed E-state index contributed by atoms with van der Waals surface area (Å²) in [7, 11) is 1.52. The molecule has 0 heterocycles. The third-order valence-electron chi connectivity index (χ3n) is 1.68. The van der Waals surface area contributed by atoms with Crippen LogP contribution in [0.25, 0.3) is 0 Å². The highest BCUT2D eigenvalue weighted by atomic mass is 19.4. The lowest BCUT2D eigenvalue weighted by Gasteiger charge is -2.20. The molecule has 5 heteroatoms. The third-order valence-corrected chi connectivity index (χ3v) is 1.68. The lowest BCUT2D eigenvalue weighted by molar-refractivity contribution is -0.135. The molecule has 0 spiro atoms. The molecule has 0 unspecified atom stereocenters. The van der Waals surface area contributed by atoms with Crippen molar-refractivity contribution < 1.29 is 13.2 Å². The van der Waals surface area contributed by atoms with Gasteiger partial charge >= 0.3 is 6.18 Å². The summed E-state index contributed by atoms with van der Waals surface area (Å²) in [6.45, 7) is 1.77. The summed E-state index contributed by atoms with van der Waals surface area (Å²) in [6.07, 6.45) is -3.65. The highest BCUT2D eigenvalue weighted by molar-refractivity contribution is 5.78. The average Bonchev–Trinajstić information content (AvgIpc) is 1.99. The molecule has 0 aromatic heterocycles. The van der Waals surface area contributed by atoms with Gasteiger partial charge in [0.2, 0.25) is 0 Å². The van der Waals surface area contributed by atoms with E-state index in [1.807, 2.05) is 6.92 Å². The maximum absolute atomic E-state index is 11.8. The second-order valence-electron chi connectivity index (χ2n) is 2.98. The molecule has 0 bridgehead atoms. The molecular weight excluding hydrogens is 181 g/mol. The minimum atomic E-state index is -4.12. The lowest BCUT2D eigenvalue weighted by atomic mass is 10.3. The fourth-order valence-corrected chi connectivity index (χ4v) is 0.857. The maximum atomic E-state index is 11.8. The third kappa shape index (κ3) is 6.42. The zero-order valence-electron chi connectivity index (χ0n) is 7.91. The van der Waals surface area contributed by atoms with Crippen molar-refractivity contribution in [3.05, 3.63) is 0 Å². The van der Waals surface area contributed by atoms with Gasteiger partial charge in [-0.05, 0) is 6.42 Å². The van der Waals surface area contributed by atoms with E-state index in [0.717, 1.165) is 6.42 Å². The standard InChI is InChI=1S/C8H15F3N2/c1-3-4-7(12)13(2)6-5-8(9,10)11/h12H,3-6H2,1-2H3. The minimum absolute atomic E-state index is 0.123. The minimum Gasteiger partial charge on any atom is -0.363 e. The van der Waals surface area contributed by atoms with Crippen LogP contribution in [0.3, 0.4) is 0 Å². The van der Waals surface area contributed by atoms with Crippen LogP contribution in [0.1, 0.15) is 26.2 Å². The zero-order valence-corrected chi connectivity index (χ0v) is 7.91. The van der Waals surface area contributed by atoms with Gasteiger partial charge in [-0.1, -0.05) is 6.92 Å². The Morgan fingerprint density at radius 3 is 2.31 bits per heavy atom. The molecule has 1 N–H and O–H groups in total. The Bertz CT molecular complexity index is 165. The van der Waals surface area contributed by atoms with Crippen molar-refractivity contribution >= 4 is 5.84 Å². The number of amidine groups is 1. The average molecular weight is 196 g/mol. The molecule has 0 aromatic carbocycles. The van der Waals surface area contributed by atoms with Crippen LogP contribution in [0.5, 0.6) is 0 Å². The summed E-state index contributed by atoms with van der Waals surface area (Å²) >= 11 is 0. The van der Waals surface area contributed by atoms with E-state index in [-0.39, 0.29) is 12.4 Å². The van der Waals surface area contributed by atoms with Gasteiger partial charge in [0.15, 0.2) is 0 Å². The Hall–Kier alpha value is -0.740. The van der Waals surface area contributed by atoms with E-state index < -0.39 is 12.6 Å². The van der Waals surface area contributed by atoms with Gasteiger partial charge in [-0.15, -0.1) is 0 Å². The summed E-state index contributed by atoms with van der Waals surface area (Å²) in [5.74, 6) is 0.270. The molecule has 0 saturated heterocycles. The lowest BCUT2D eigenvalue weighted by Crippen LogP contribution is -2.29. The van der Waals surface area contributed by atoms with E-state index in [2.05, 4.69) is 0 Å². The molecular formula is C8H15F3N2. The molecule has 78 valence electrons. The van der Waals surface area contributed by atoms with Crippen molar-refractivity contribution in [1.29, 1.82) is 5.41 Å². The molecule has 0 aliphatic heterocycles. The predicted molar refractivity (Wildman–Crippen MR) is 45.9 cm³/mol. The van der Waals surface area contributed by atoms with Crippen LogP contribution >= 0.6 is 0 Å². The molecule has 0 aliphatic carbocycles. The Labute approximate surface area is 76.2 Å². The van der Waals surface area contributed by atoms with Crippen molar-refractivity contribution in [1.82, 2.24) is 4.90 Å². The second-order valence-corrected chi connectivity index (χ2v) is 2.98. The SMILES string of the molecule is CCCC(=N)N(C)CCC(F)(F)F. The fourth-order valence-electron chi connectivity index (χ4n) is 0.857. The summed E-state index contributed by atoms with van der Waals surface area (Å²) in [5.41, 5.74) is 0. The molecule has 2 nitrogen and oxygen atoms in total. The number of hydrogen-bond acceptors (Lipinski definition) is 1. The number of nitrogens with zero attached hydrogens (tertiary/aromatic N) is 1. The van der Waals surface area contributed by atoms with Gasteiger partial charge in [0.05, 0.1) is 12.3 Å². The molecule has 13 heavy (non-hydrogen) atoms. The van der Waals surface area contributed by atoms with Crippen LogP contribution in [-0.4, -0.2) is 30.5 Å². The van der Waals surface area contributed by atoms with Gasteiger partial charge in [-0.25, -0.2) is 0 Å². The number of rotatable bonds is 4. The van der Waals surface area contributed by atoms with Crippen LogP contribution in [0.4, 0.5) is 13.2 Å². The Morgan fingerprint density at radius 1 is 1.38 bits per heavy atom. The summed E-state index contributed by atoms with van der Waals surface area (Å²) in [4.78, 5) is 1.34. The predicted octanol–water partition coefficient (Wildman–Crippen LogP) is 2.65. The van der Waals surface area contributed by atoms with Gasteiger partial charge in [0, 0.05) is 20.0 Å². The Morgan fingerprint density at radius 2 is 1.92 bits per heavy atom. The van der Waals surface area contributed by atoms with Crippen LogP contribution in [0.2, 0.25) is 0 Å². The normalized spacial score (nSPS) is 11.5. The first-order chi connectivity index (χ1) is 5.87. The number of alkyl halides is 3. The Balaban J connectivity index is 3.74. The maximum Gasteiger partial charge on any atom is 0.390 e. The first-order valence-electron chi connectivity index (χ1n) is 4.22. The van der Waals surface area contributed by atoms with Gasteiger partial charge in [-0.2, -0.15) is 13.2 Å². The van der Waals surface area contributed by atoms with Crippen LogP contribution in [-0.2, 0) is 0 Å². The number of nitrogens with one attached hydrogen (secondary N) is 1. The van der Waals surface area contributed by atoms with Gasteiger partial charge in [-0.3, -0.25) is 5.41 Å². The van der Waals surface area contributed by atoms with E-state index in [4.69, 9.17) is 5.41 Å². The van der Waals surface area contributed by atoms with Crippen molar-refractivity contribution in [3.8, 4) is 0 Å². The first-order valence-corrected chi connectivity index (χ1v) is 4.22. The van der Waals surface area contributed by atoms with Gasteiger partial charge in [0.25, 0.3) is 0 Å². The van der Waals surface area contributed by atoms with Gasteiger partial charge < -0.3 is 4.90 Å². The van der Waals surface area contributed by atoms with Gasteiger partial charge in [0.1, 0.15) is 0 Å². The largest absolute Gasteiger partial charge is 0.390 e. The molecule has 0 saturated carbocycles. The van der Waals surface area contributed by atoms with E-state index in [1.165, 1.54) is 11.9 Å². The number of halogens is 3. The van der Waals surface area contributed by atoms with Crippen molar-refractivity contribution in [2.24, 2.45) is 0 Å². The summed E-state index contributed by atoms with van der Waals surface area (Å²) < 4.78 is 35.3. The van der Waals surface area contributed by atoms with Crippen molar-refractivity contribution in [2.45, 2.75) is 32.4 Å². The monoisotopic (exact) mass is 196 g/mol. The van der Waals surface area contributed by atoms with E-state index >= 15 is 0 Å². The van der Waals surface area contributed by atoms with Crippen molar-refractivity contribution in [2.75, 3.05) is 13.6 Å². The van der Waals surface area contributed by atoms with Crippen LogP contribution in [0, 0.1) is 5.41 Å². The summed E-state index contributed by atoms with van der Waals surface area (Å²) in [6, 6.07) is 0. The molecule has 0 fully saturated rings. The Kier molecular flexibility index (Phi) is 4.80. The molecule has 0 aliphatic rings. The smallest absolute Gasteiger partial charge is 0.363 e. The molecule has 0 radical (unpaired) electrons. The topological polar surface area (TPSA) is 27.1 Å². The van der Waals surface area contributed by atoms with Crippen LogP contribution in [0.15, 0.2) is 0 Å². The molecule has 0 aromatic rings. The molecule has 0 amide bonds. The second kappa shape index (κ2) is 5.09. The first kappa shape index (κ1) is 12.3. The van der Waals surface area contributed by atoms with E-state index in [0.29, 0.717) is 6.42 Å². The number of hydrogen-bond donors (Lipinski definition) is 1. The quantitative estimate of drug-likeness (QED) is 0.543. The van der Waals surface area contributed by atoms with Crippen LogP contribution < -0.4 is 0 Å². The highest BCUT2D eigenvalue weighted by Gasteiger charge is 2.27. The summed E-state index contributed by atoms with van der Waals surface area (Å²) in [5, 5.41) is 7.36. The molecule has 0 atom stereocenters. The van der Waals surface area contributed by atoms with E-state index in [1.54, 1.807) is 0 Å². The van der Waals surface area contributed by atoms with E-state index in [9.17, 15) is 13.2 Å². The fraction of sp³-hybridized carbons (Fsp3) is 0.875. The zero-order chi connectivity index (χ0) is 10.5. The highest BCUT2D eigenvalue weighted by Crippen LogP contribution is 2.19. The molecule has 0 rings (SSSR count). The van der Waals surface area contributed by atoms with Crippen molar-refractivity contribution in [3.63, 3.8) is 0 Å².